The van der Waals surface area contributed by atoms with Gasteiger partial charge in [-0.1, -0.05) is 6.07 Å². The van der Waals surface area contributed by atoms with Gasteiger partial charge in [0.05, 0.1) is 18.6 Å². The summed E-state index contributed by atoms with van der Waals surface area (Å²) in [5.41, 5.74) is 0.783. The summed E-state index contributed by atoms with van der Waals surface area (Å²) in [6.07, 6.45) is 0.301. The highest BCUT2D eigenvalue weighted by Crippen LogP contribution is 2.25. The van der Waals surface area contributed by atoms with Crippen molar-refractivity contribution in [2.24, 2.45) is 0 Å². The fraction of sp³-hybridized carbons (Fsp3) is 0.500. The molecule has 1 aliphatic heterocycles. The van der Waals surface area contributed by atoms with Crippen LogP contribution in [-0.2, 0) is 19.9 Å². The van der Waals surface area contributed by atoms with Crippen molar-refractivity contribution in [2.45, 2.75) is 24.3 Å². The maximum Gasteiger partial charge on any atom is 0.244 e. The summed E-state index contributed by atoms with van der Waals surface area (Å²) in [5.74, 6) is 0.106. The van der Waals surface area contributed by atoms with Crippen LogP contribution in [-0.4, -0.2) is 41.5 Å². The van der Waals surface area contributed by atoms with E-state index in [1.165, 1.54) is 13.2 Å². The molecule has 0 amide bonds. The molecule has 1 unspecified atom stereocenters. The average Bonchev–Trinajstić information content (AvgIpc) is 2.68. The fourth-order valence-electron chi connectivity index (χ4n) is 2.16. The Balaban J connectivity index is 2.29. The highest BCUT2D eigenvalue weighted by molar-refractivity contribution is 7.92. The first-order valence-electron chi connectivity index (χ1n) is 6.11. The third kappa shape index (κ3) is 3.31. The van der Waals surface area contributed by atoms with Crippen LogP contribution in [0.1, 0.15) is 12.0 Å². The number of hydrogen-bond donors (Lipinski definition) is 1. The van der Waals surface area contributed by atoms with Crippen LogP contribution < -0.4 is 9.46 Å². The van der Waals surface area contributed by atoms with E-state index in [4.69, 9.17) is 4.74 Å². The third-order valence-electron chi connectivity index (χ3n) is 3.16. The van der Waals surface area contributed by atoms with Gasteiger partial charge in [-0.2, -0.15) is 0 Å². The minimum absolute atomic E-state index is 0.0190. The second-order valence-electron chi connectivity index (χ2n) is 4.88. The van der Waals surface area contributed by atoms with Crippen LogP contribution in [0.15, 0.2) is 23.1 Å². The average molecular weight is 319 g/mol. The zero-order chi connectivity index (χ0) is 15.0. The van der Waals surface area contributed by atoms with Gasteiger partial charge in [0, 0.05) is 6.04 Å². The molecule has 0 radical (unpaired) electrons. The lowest BCUT2D eigenvalue weighted by Crippen LogP contribution is -2.35. The van der Waals surface area contributed by atoms with Crippen LogP contribution in [0.3, 0.4) is 0 Å². The number of aryl methyl sites for hydroxylation is 1. The zero-order valence-electron chi connectivity index (χ0n) is 11.3. The second-order valence-corrected chi connectivity index (χ2v) is 8.79. The second kappa shape index (κ2) is 5.34. The molecule has 1 N–H and O–H groups in total. The molecule has 6 nitrogen and oxygen atoms in total. The Hall–Kier alpha value is -1.12. The van der Waals surface area contributed by atoms with Crippen molar-refractivity contribution in [3.8, 4) is 5.75 Å². The first-order chi connectivity index (χ1) is 9.23. The Morgan fingerprint density at radius 3 is 2.60 bits per heavy atom. The van der Waals surface area contributed by atoms with Crippen molar-refractivity contribution >= 4 is 19.9 Å². The minimum Gasteiger partial charge on any atom is -0.495 e. The Labute approximate surface area is 119 Å². The predicted molar refractivity (Wildman–Crippen MR) is 75.1 cm³/mol. The smallest absolute Gasteiger partial charge is 0.244 e. The van der Waals surface area contributed by atoms with Crippen LogP contribution >= 0.6 is 0 Å². The predicted octanol–water partition coefficient (Wildman–Crippen LogP) is 0.469. The molecule has 20 heavy (non-hydrogen) atoms. The standard InChI is InChI=1S/C12H17NO5S2/c1-9-3-4-11(18-2)12(7-9)20(16,17)13-10-5-6-19(14,15)8-10/h3-4,7,10,13H,5-6,8H2,1-2H3. The molecule has 0 aliphatic carbocycles. The summed E-state index contributed by atoms with van der Waals surface area (Å²) in [6, 6.07) is 4.26. The van der Waals surface area contributed by atoms with E-state index in [0.717, 1.165) is 5.56 Å². The van der Waals surface area contributed by atoms with E-state index in [9.17, 15) is 16.8 Å². The van der Waals surface area contributed by atoms with Crippen molar-refractivity contribution in [1.29, 1.82) is 0 Å². The monoisotopic (exact) mass is 319 g/mol. The molecule has 1 heterocycles. The molecular formula is C12H17NO5S2. The fourth-order valence-corrected chi connectivity index (χ4v) is 5.47. The topological polar surface area (TPSA) is 89.5 Å². The van der Waals surface area contributed by atoms with E-state index in [0.29, 0.717) is 6.42 Å². The molecule has 1 saturated heterocycles. The molecule has 2 rings (SSSR count). The van der Waals surface area contributed by atoms with E-state index >= 15 is 0 Å². The first kappa shape index (κ1) is 15.3. The number of nitrogens with one attached hydrogen (secondary N) is 1. The lowest BCUT2D eigenvalue weighted by molar-refractivity contribution is 0.402. The van der Waals surface area contributed by atoms with Crippen molar-refractivity contribution in [1.82, 2.24) is 4.72 Å². The number of ether oxygens (including phenoxy) is 1. The molecule has 112 valence electrons. The van der Waals surface area contributed by atoms with E-state index in [1.807, 2.05) is 0 Å². The van der Waals surface area contributed by atoms with Crippen LogP contribution in [0, 0.1) is 6.92 Å². The number of benzene rings is 1. The van der Waals surface area contributed by atoms with Crippen molar-refractivity contribution < 1.29 is 21.6 Å². The number of sulfone groups is 1. The van der Waals surface area contributed by atoms with Gasteiger partial charge in [-0.05, 0) is 31.0 Å². The van der Waals surface area contributed by atoms with Crippen LogP contribution in [0.25, 0.3) is 0 Å². The Morgan fingerprint density at radius 1 is 1.35 bits per heavy atom. The highest BCUT2D eigenvalue weighted by atomic mass is 32.2. The summed E-state index contributed by atoms with van der Waals surface area (Å²) in [7, 11) is -5.54. The Bertz CT molecular complexity index is 709. The number of rotatable bonds is 4. The molecule has 1 fully saturated rings. The zero-order valence-corrected chi connectivity index (χ0v) is 12.9. The molecule has 0 aromatic heterocycles. The van der Waals surface area contributed by atoms with E-state index in [-0.39, 0.29) is 22.2 Å². The summed E-state index contributed by atoms with van der Waals surface area (Å²) in [6.45, 7) is 1.78. The number of sulfonamides is 1. The van der Waals surface area contributed by atoms with Crippen molar-refractivity contribution in [3.05, 3.63) is 23.8 Å². The van der Waals surface area contributed by atoms with Gasteiger partial charge in [-0.25, -0.2) is 21.6 Å². The number of hydrogen-bond acceptors (Lipinski definition) is 5. The maximum atomic E-state index is 12.3. The van der Waals surface area contributed by atoms with Gasteiger partial charge in [0.1, 0.15) is 10.6 Å². The lowest BCUT2D eigenvalue weighted by Gasteiger charge is -2.14. The minimum atomic E-state index is -3.80. The summed E-state index contributed by atoms with van der Waals surface area (Å²) < 4.78 is 54.9. The van der Waals surface area contributed by atoms with Crippen LogP contribution in [0.2, 0.25) is 0 Å². The SMILES string of the molecule is COc1ccc(C)cc1S(=O)(=O)NC1CCS(=O)(=O)C1. The molecule has 0 spiro atoms. The van der Waals surface area contributed by atoms with Gasteiger partial charge in [0.15, 0.2) is 9.84 Å². The van der Waals surface area contributed by atoms with Gasteiger partial charge in [0.25, 0.3) is 0 Å². The van der Waals surface area contributed by atoms with Gasteiger partial charge in [-0.15, -0.1) is 0 Å². The Kier molecular flexibility index (Phi) is 4.08. The molecule has 1 aliphatic rings. The molecule has 0 saturated carbocycles. The molecule has 1 atom stereocenters. The summed E-state index contributed by atoms with van der Waals surface area (Å²) in [5, 5.41) is 0. The van der Waals surface area contributed by atoms with E-state index in [2.05, 4.69) is 4.72 Å². The van der Waals surface area contributed by atoms with E-state index in [1.54, 1.807) is 19.1 Å². The summed E-state index contributed by atoms with van der Waals surface area (Å²) >= 11 is 0. The van der Waals surface area contributed by atoms with Gasteiger partial charge < -0.3 is 4.74 Å². The normalized spacial score (nSPS) is 21.8. The van der Waals surface area contributed by atoms with E-state index < -0.39 is 25.9 Å². The third-order valence-corrected chi connectivity index (χ3v) is 6.47. The van der Waals surface area contributed by atoms with Crippen molar-refractivity contribution in [3.63, 3.8) is 0 Å². The quantitative estimate of drug-likeness (QED) is 0.871. The molecular weight excluding hydrogens is 302 g/mol. The van der Waals surface area contributed by atoms with Crippen LogP contribution in [0.4, 0.5) is 0 Å². The first-order valence-corrected chi connectivity index (χ1v) is 9.41. The van der Waals surface area contributed by atoms with Crippen LogP contribution in [0.5, 0.6) is 5.75 Å². The number of methoxy groups -OCH3 is 1. The van der Waals surface area contributed by atoms with Gasteiger partial charge >= 0.3 is 0 Å². The lowest BCUT2D eigenvalue weighted by atomic mass is 10.2. The highest BCUT2D eigenvalue weighted by Gasteiger charge is 2.32. The van der Waals surface area contributed by atoms with Gasteiger partial charge in [-0.3, -0.25) is 0 Å². The molecule has 0 bridgehead atoms. The Morgan fingerprint density at radius 2 is 2.05 bits per heavy atom. The van der Waals surface area contributed by atoms with Gasteiger partial charge in [0.2, 0.25) is 10.0 Å². The van der Waals surface area contributed by atoms with Crippen molar-refractivity contribution in [2.75, 3.05) is 18.6 Å². The molecule has 1 aromatic rings. The maximum absolute atomic E-state index is 12.3. The summed E-state index contributed by atoms with van der Waals surface area (Å²) in [4.78, 5) is 0.0318. The molecule has 1 aromatic carbocycles. The largest absolute Gasteiger partial charge is 0.495 e. The molecule has 8 heteroatoms.